The summed E-state index contributed by atoms with van der Waals surface area (Å²) in [5.41, 5.74) is -0.407. The Morgan fingerprint density at radius 3 is 2.38 bits per heavy atom. The van der Waals surface area contributed by atoms with E-state index in [2.05, 4.69) is 35.4 Å². The van der Waals surface area contributed by atoms with E-state index in [1.165, 1.54) is 11.5 Å². The highest BCUT2D eigenvalue weighted by molar-refractivity contribution is 7.09. The summed E-state index contributed by atoms with van der Waals surface area (Å²) in [7, 11) is 0. The quantitative estimate of drug-likeness (QED) is 0.883. The Hall–Kier alpha value is -0.680. The van der Waals surface area contributed by atoms with Crippen molar-refractivity contribution in [3.05, 3.63) is 5.82 Å². The first-order valence-electron chi connectivity index (χ1n) is 5.51. The number of ether oxygens (including phenoxy) is 1. The van der Waals surface area contributed by atoms with Crippen molar-refractivity contribution in [1.29, 1.82) is 0 Å². The molecule has 16 heavy (non-hydrogen) atoms. The second-order valence-electron chi connectivity index (χ2n) is 5.24. The molecule has 5 heteroatoms. The molecule has 4 nitrogen and oxygen atoms in total. The number of nitrogens with zero attached hydrogens (tertiary/aromatic N) is 2. The molecule has 0 unspecified atom stereocenters. The first-order chi connectivity index (χ1) is 7.24. The third-order valence-corrected chi connectivity index (χ3v) is 2.58. The molecular weight excluding hydrogens is 222 g/mol. The summed E-state index contributed by atoms with van der Waals surface area (Å²) in [5.74, 6) is 0.742. The zero-order valence-electron chi connectivity index (χ0n) is 10.9. The molecule has 1 aromatic heterocycles. The van der Waals surface area contributed by atoms with Crippen molar-refractivity contribution >= 4 is 16.7 Å². The Bertz CT molecular complexity index is 341. The second kappa shape index (κ2) is 4.67. The summed E-state index contributed by atoms with van der Waals surface area (Å²) in [5, 5.41) is 4.15. The molecule has 92 valence electrons. The van der Waals surface area contributed by atoms with Gasteiger partial charge in [0.2, 0.25) is 5.13 Å². The van der Waals surface area contributed by atoms with Crippen LogP contribution in [0.15, 0.2) is 0 Å². The van der Waals surface area contributed by atoms with Crippen molar-refractivity contribution in [1.82, 2.24) is 9.36 Å². The normalized spacial score (nSPS) is 12.9. The Balaban J connectivity index is 2.79. The number of hydrogen-bond acceptors (Lipinski definition) is 5. The fraction of sp³-hybridized carbons (Fsp3) is 0.818. The van der Waals surface area contributed by atoms with Crippen molar-refractivity contribution in [2.75, 3.05) is 11.9 Å². The van der Waals surface area contributed by atoms with Crippen molar-refractivity contribution in [3.63, 3.8) is 0 Å². The van der Waals surface area contributed by atoms with Gasteiger partial charge in [-0.25, -0.2) is 4.98 Å². The van der Waals surface area contributed by atoms with Gasteiger partial charge in [-0.15, -0.1) is 0 Å². The van der Waals surface area contributed by atoms with Crippen molar-refractivity contribution in [3.8, 4) is 0 Å². The molecule has 0 fully saturated rings. The summed E-state index contributed by atoms with van der Waals surface area (Å²) in [6.45, 7) is 12.9. The first kappa shape index (κ1) is 13.4. The molecule has 0 amide bonds. The molecule has 1 aromatic rings. The van der Waals surface area contributed by atoms with Gasteiger partial charge in [-0.1, -0.05) is 0 Å². The Morgan fingerprint density at radius 1 is 1.25 bits per heavy atom. The highest BCUT2D eigenvalue weighted by Crippen LogP contribution is 2.26. The van der Waals surface area contributed by atoms with Gasteiger partial charge in [-0.05, 0) is 41.5 Å². The molecule has 1 rings (SSSR count). The Morgan fingerprint density at radius 2 is 1.88 bits per heavy atom. The molecule has 0 aliphatic heterocycles. The summed E-state index contributed by atoms with van der Waals surface area (Å²) < 4.78 is 9.95. The van der Waals surface area contributed by atoms with Crippen LogP contribution in [0.5, 0.6) is 0 Å². The van der Waals surface area contributed by atoms with E-state index in [1.807, 2.05) is 20.8 Å². The third kappa shape index (κ3) is 3.72. The van der Waals surface area contributed by atoms with Gasteiger partial charge in [0.05, 0.1) is 0 Å². The molecule has 1 heterocycles. The SMILES string of the molecule is CCOC(C)(C)c1nsc(NC(C)(C)C)n1. The van der Waals surface area contributed by atoms with Crippen LogP contribution in [-0.2, 0) is 10.3 Å². The maximum absolute atomic E-state index is 5.61. The maximum atomic E-state index is 5.61. The molecule has 0 spiro atoms. The van der Waals surface area contributed by atoms with E-state index in [4.69, 9.17) is 4.74 Å². The number of anilines is 1. The summed E-state index contributed by atoms with van der Waals surface area (Å²) in [6, 6.07) is 0. The van der Waals surface area contributed by atoms with Gasteiger partial charge in [0.15, 0.2) is 5.82 Å². The van der Waals surface area contributed by atoms with Gasteiger partial charge in [-0.3, -0.25) is 0 Å². The molecule has 0 aliphatic rings. The Kier molecular flexibility index (Phi) is 3.91. The molecular formula is C11H21N3OS. The lowest BCUT2D eigenvalue weighted by Gasteiger charge is -2.21. The zero-order valence-corrected chi connectivity index (χ0v) is 11.7. The lowest BCUT2D eigenvalue weighted by molar-refractivity contribution is -0.0198. The third-order valence-electron chi connectivity index (χ3n) is 1.95. The van der Waals surface area contributed by atoms with Crippen LogP contribution in [0.25, 0.3) is 0 Å². The van der Waals surface area contributed by atoms with E-state index in [1.54, 1.807) is 0 Å². The van der Waals surface area contributed by atoms with Gasteiger partial charge in [0.1, 0.15) is 5.60 Å². The van der Waals surface area contributed by atoms with Crippen LogP contribution in [0.4, 0.5) is 5.13 Å². The van der Waals surface area contributed by atoms with E-state index in [0.717, 1.165) is 11.0 Å². The molecule has 0 aliphatic carbocycles. The van der Waals surface area contributed by atoms with Gasteiger partial charge in [0, 0.05) is 23.7 Å². The first-order valence-corrected chi connectivity index (χ1v) is 6.28. The standard InChI is InChI=1S/C11H21N3OS/c1-7-15-11(5,6)8-12-9(16-14-8)13-10(2,3)4/h7H2,1-6H3,(H,12,13,14). The van der Waals surface area contributed by atoms with E-state index in [9.17, 15) is 0 Å². The fourth-order valence-corrected chi connectivity index (χ4v) is 2.18. The molecule has 0 aromatic carbocycles. The van der Waals surface area contributed by atoms with Crippen molar-refractivity contribution in [2.24, 2.45) is 0 Å². The van der Waals surface area contributed by atoms with Crippen LogP contribution in [0.1, 0.15) is 47.4 Å². The van der Waals surface area contributed by atoms with Crippen LogP contribution in [0.2, 0.25) is 0 Å². The number of aromatic nitrogens is 2. The number of hydrogen-bond donors (Lipinski definition) is 1. The molecule has 0 radical (unpaired) electrons. The lowest BCUT2D eigenvalue weighted by Crippen LogP contribution is -2.26. The van der Waals surface area contributed by atoms with Crippen LogP contribution in [0, 0.1) is 0 Å². The molecule has 0 saturated heterocycles. The fourth-order valence-electron chi connectivity index (χ4n) is 1.26. The molecule has 1 N–H and O–H groups in total. The molecule has 0 atom stereocenters. The van der Waals surface area contributed by atoms with Crippen molar-refractivity contribution < 1.29 is 4.74 Å². The molecule has 0 bridgehead atoms. The van der Waals surface area contributed by atoms with E-state index < -0.39 is 5.60 Å². The number of nitrogens with one attached hydrogen (secondary N) is 1. The van der Waals surface area contributed by atoms with E-state index in [-0.39, 0.29) is 5.54 Å². The minimum atomic E-state index is -0.414. The van der Waals surface area contributed by atoms with Crippen LogP contribution >= 0.6 is 11.5 Å². The van der Waals surface area contributed by atoms with Gasteiger partial charge < -0.3 is 10.1 Å². The maximum Gasteiger partial charge on any atom is 0.203 e. The predicted molar refractivity (Wildman–Crippen MR) is 67.9 cm³/mol. The highest BCUT2D eigenvalue weighted by atomic mass is 32.1. The largest absolute Gasteiger partial charge is 0.368 e. The minimum absolute atomic E-state index is 0.00651. The van der Waals surface area contributed by atoms with Crippen molar-refractivity contribution in [2.45, 2.75) is 52.7 Å². The Labute approximate surface area is 102 Å². The average Bonchev–Trinajstić information content (AvgIpc) is 2.49. The smallest absolute Gasteiger partial charge is 0.203 e. The topological polar surface area (TPSA) is 47.0 Å². The van der Waals surface area contributed by atoms with E-state index >= 15 is 0 Å². The average molecular weight is 243 g/mol. The lowest BCUT2D eigenvalue weighted by atomic mass is 10.1. The second-order valence-corrected chi connectivity index (χ2v) is 5.99. The summed E-state index contributed by atoms with van der Waals surface area (Å²) in [4.78, 5) is 4.46. The van der Waals surface area contributed by atoms with E-state index in [0.29, 0.717) is 6.61 Å². The zero-order chi connectivity index (χ0) is 12.4. The number of rotatable bonds is 4. The van der Waals surface area contributed by atoms with Crippen LogP contribution in [-0.4, -0.2) is 21.5 Å². The van der Waals surface area contributed by atoms with Crippen LogP contribution < -0.4 is 5.32 Å². The van der Waals surface area contributed by atoms with Crippen LogP contribution in [0.3, 0.4) is 0 Å². The highest BCUT2D eigenvalue weighted by Gasteiger charge is 2.26. The monoisotopic (exact) mass is 243 g/mol. The summed E-state index contributed by atoms with van der Waals surface area (Å²) in [6.07, 6.45) is 0. The molecule has 0 saturated carbocycles. The van der Waals surface area contributed by atoms with Gasteiger partial charge in [0.25, 0.3) is 0 Å². The predicted octanol–water partition coefficient (Wildman–Crippen LogP) is 3.02. The van der Waals surface area contributed by atoms with Gasteiger partial charge >= 0.3 is 0 Å². The van der Waals surface area contributed by atoms with Gasteiger partial charge in [-0.2, -0.15) is 4.37 Å². The minimum Gasteiger partial charge on any atom is -0.368 e. The summed E-state index contributed by atoms with van der Waals surface area (Å²) >= 11 is 1.38.